The summed E-state index contributed by atoms with van der Waals surface area (Å²) in [5.74, 6) is -0.0806. The van der Waals surface area contributed by atoms with E-state index in [-0.39, 0.29) is 5.91 Å². The predicted molar refractivity (Wildman–Crippen MR) is 84.5 cm³/mol. The van der Waals surface area contributed by atoms with Crippen LogP contribution in [0.4, 0.5) is 5.69 Å². The largest absolute Gasteiger partial charge is 0.392 e. The van der Waals surface area contributed by atoms with E-state index in [1.807, 2.05) is 19.1 Å². The quantitative estimate of drug-likeness (QED) is 0.663. The third-order valence-electron chi connectivity index (χ3n) is 4.12. The van der Waals surface area contributed by atoms with E-state index in [0.717, 1.165) is 49.9 Å². The first-order valence-corrected chi connectivity index (χ1v) is 7.50. The second-order valence-corrected chi connectivity index (χ2v) is 5.89. The molecular weight excluding hydrogens is 270 g/mol. The summed E-state index contributed by atoms with van der Waals surface area (Å²) in [6.45, 7) is 1.87. The minimum absolute atomic E-state index is 0.0806. The molecule has 3 N–H and O–H groups in total. The maximum absolute atomic E-state index is 12.7. The molecule has 0 unspecified atom stereocenters. The van der Waals surface area contributed by atoms with Crippen molar-refractivity contribution >= 4 is 28.8 Å². The number of carbonyl (C=O) groups excluding carboxylic acids is 1. The molecule has 1 aliphatic carbocycles. The van der Waals surface area contributed by atoms with E-state index in [1.54, 1.807) is 6.20 Å². The highest BCUT2D eigenvalue weighted by Gasteiger charge is 2.41. The number of nitrogens with two attached hydrogens (primary N) is 1. The summed E-state index contributed by atoms with van der Waals surface area (Å²) in [6.07, 6.45) is 7.47. The first kappa shape index (κ1) is 14.9. The van der Waals surface area contributed by atoms with Gasteiger partial charge in [0.15, 0.2) is 0 Å². The van der Waals surface area contributed by atoms with Crippen LogP contribution in [0.15, 0.2) is 18.3 Å². The van der Waals surface area contributed by atoms with Gasteiger partial charge in [-0.25, -0.2) is 0 Å². The van der Waals surface area contributed by atoms with E-state index < -0.39 is 5.41 Å². The van der Waals surface area contributed by atoms with Gasteiger partial charge in [0.05, 0.1) is 21.8 Å². The Hall–Kier alpha value is -1.49. The van der Waals surface area contributed by atoms with Crippen molar-refractivity contribution in [2.45, 2.75) is 45.4 Å². The third-order valence-corrected chi connectivity index (χ3v) is 4.51. The number of rotatable bonds is 3. The summed E-state index contributed by atoms with van der Waals surface area (Å²) in [7, 11) is 0. The fraction of sp³-hybridized carbons (Fsp3) is 0.533. The van der Waals surface area contributed by atoms with Crippen molar-refractivity contribution in [1.82, 2.24) is 4.98 Å². The average Bonchev–Trinajstić information content (AvgIpc) is 2.68. The second kappa shape index (κ2) is 6.31. The molecule has 1 aliphatic rings. The number of aryl methyl sites for hydroxylation is 1. The number of hydrogen-bond donors (Lipinski definition) is 2. The molecule has 4 nitrogen and oxygen atoms in total. The van der Waals surface area contributed by atoms with Crippen LogP contribution in [0.25, 0.3) is 0 Å². The van der Waals surface area contributed by atoms with Gasteiger partial charge in [0.25, 0.3) is 0 Å². The summed E-state index contributed by atoms with van der Waals surface area (Å²) in [5.41, 5.74) is 6.75. The van der Waals surface area contributed by atoms with Gasteiger partial charge in [-0.05, 0) is 31.9 Å². The lowest BCUT2D eigenvalue weighted by Crippen LogP contribution is -2.45. The molecule has 0 spiro atoms. The fourth-order valence-corrected chi connectivity index (χ4v) is 3.07. The lowest BCUT2D eigenvalue weighted by Gasteiger charge is -2.30. The molecule has 0 saturated heterocycles. The van der Waals surface area contributed by atoms with Crippen molar-refractivity contribution in [3.8, 4) is 0 Å². The molecule has 1 amide bonds. The molecule has 0 atom stereocenters. The van der Waals surface area contributed by atoms with Crippen molar-refractivity contribution in [2.24, 2.45) is 11.1 Å². The molecule has 0 aliphatic heterocycles. The first-order valence-electron chi connectivity index (χ1n) is 7.09. The molecule has 1 aromatic heterocycles. The van der Waals surface area contributed by atoms with Gasteiger partial charge in [-0.3, -0.25) is 9.78 Å². The highest BCUT2D eigenvalue weighted by Crippen LogP contribution is 2.36. The number of aromatic nitrogens is 1. The normalized spacial score (nSPS) is 18.1. The highest BCUT2D eigenvalue weighted by atomic mass is 32.1. The van der Waals surface area contributed by atoms with Crippen molar-refractivity contribution in [3.63, 3.8) is 0 Å². The Bertz CT molecular complexity index is 508. The first-order chi connectivity index (χ1) is 9.56. The van der Waals surface area contributed by atoms with Gasteiger partial charge < -0.3 is 11.1 Å². The van der Waals surface area contributed by atoms with E-state index in [9.17, 15) is 4.79 Å². The van der Waals surface area contributed by atoms with E-state index in [2.05, 4.69) is 10.3 Å². The maximum Gasteiger partial charge on any atom is 0.237 e. The molecule has 2 rings (SSSR count). The fourth-order valence-electron chi connectivity index (χ4n) is 2.78. The Labute approximate surface area is 125 Å². The van der Waals surface area contributed by atoms with Crippen LogP contribution in [-0.2, 0) is 4.79 Å². The number of amides is 1. The van der Waals surface area contributed by atoms with Gasteiger partial charge >= 0.3 is 0 Å². The van der Waals surface area contributed by atoms with Crippen molar-refractivity contribution < 1.29 is 4.79 Å². The number of hydrogen-bond acceptors (Lipinski definition) is 3. The Morgan fingerprint density at radius 1 is 1.35 bits per heavy atom. The molecule has 1 heterocycles. The zero-order valence-electron chi connectivity index (χ0n) is 11.8. The van der Waals surface area contributed by atoms with Crippen LogP contribution in [0, 0.1) is 12.3 Å². The topological polar surface area (TPSA) is 68.0 Å². The molecule has 20 heavy (non-hydrogen) atoms. The molecule has 1 fully saturated rings. The average molecular weight is 291 g/mol. The van der Waals surface area contributed by atoms with Crippen LogP contribution < -0.4 is 11.1 Å². The molecule has 0 radical (unpaired) electrons. The van der Waals surface area contributed by atoms with Gasteiger partial charge in [0.1, 0.15) is 0 Å². The maximum atomic E-state index is 12.7. The van der Waals surface area contributed by atoms with Crippen molar-refractivity contribution in [2.75, 3.05) is 5.32 Å². The lowest BCUT2D eigenvalue weighted by molar-refractivity contribution is -0.122. The summed E-state index contributed by atoms with van der Waals surface area (Å²) >= 11 is 5.21. The van der Waals surface area contributed by atoms with Crippen LogP contribution in [0.3, 0.4) is 0 Å². The second-order valence-electron chi connectivity index (χ2n) is 5.45. The van der Waals surface area contributed by atoms with Crippen LogP contribution in [0.2, 0.25) is 0 Å². The Balaban J connectivity index is 2.23. The highest BCUT2D eigenvalue weighted by molar-refractivity contribution is 7.80. The van der Waals surface area contributed by atoms with Crippen LogP contribution in [0.5, 0.6) is 0 Å². The molecule has 5 heteroatoms. The molecular formula is C15H21N3OS. The predicted octanol–water partition coefficient (Wildman–Crippen LogP) is 2.96. The van der Waals surface area contributed by atoms with Gasteiger partial charge in [0.2, 0.25) is 5.91 Å². The van der Waals surface area contributed by atoms with Crippen LogP contribution in [-0.4, -0.2) is 15.9 Å². The van der Waals surface area contributed by atoms with E-state index in [0.29, 0.717) is 4.99 Å². The Morgan fingerprint density at radius 3 is 2.55 bits per heavy atom. The number of thiocarbonyl (C=S) groups is 1. The summed E-state index contributed by atoms with van der Waals surface area (Å²) < 4.78 is 0. The van der Waals surface area contributed by atoms with Gasteiger partial charge in [-0.15, -0.1) is 0 Å². The van der Waals surface area contributed by atoms with Gasteiger partial charge in [-0.1, -0.05) is 37.9 Å². The Kier molecular flexibility index (Phi) is 4.70. The molecule has 1 aromatic rings. The van der Waals surface area contributed by atoms with Crippen LogP contribution >= 0.6 is 12.2 Å². The molecule has 108 valence electrons. The minimum atomic E-state index is -0.700. The SMILES string of the molecule is Cc1ncccc1NC(=O)C1(C(N)=S)CCCCCC1. The van der Waals surface area contributed by atoms with Crippen molar-refractivity contribution in [1.29, 1.82) is 0 Å². The monoisotopic (exact) mass is 291 g/mol. The summed E-state index contributed by atoms with van der Waals surface area (Å²) in [4.78, 5) is 17.2. The third kappa shape index (κ3) is 2.98. The summed E-state index contributed by atoms with van der Waals surface area (Å²) in [5, 5.41) is 2.96. The standard InChI is InChI=1S/C15H21N3OS/c1-11-12(7-6-10-17-11)18-14(19)15(13(16)20)8-4-2-3-5-9-15/h6-7,10H,2-5,8-9H2,1H3,(H2,16,20)(H,18,19). The number of anilines is 1. The minimum Gasteiger partial charge on any atom is -0.392 e. The van der Waals surface area contributed by atoms with Gasteiger partial charge in [-0.2, -0.15) is 0 Å². The molecule has 0 bridgehead atoms. The number of nitrogens with one attached hydrogen (secondary N) is 1. The van der Waals surface area contributed by atoms with Crippen molar-refractivity contribution in [3.05, 3.63) is 24.0 Å². The Morgan fingerprint density at radius 2 is 2.00 bits per heavy atom. The zero-order chi connectivity index (χ0) is 14.6. The molecule has 1 saturated carbocycles. The van der Waals surface area contributed by atoms with E-state index in [1.165, 1.54) is 0 Å². The van der Waals surface area contributed by atoms with E-state index >= 15 is 0 Å². The summed E-state index contributed by atoms with van der Waals surface area (Å²) in [6, 6.07) is 3.66. The van der Waals surface area contributed by atoms with E-state index in [4.69, 9.17) is 18.0 Å². The smallest absolute Gasteiger partial charge is 0.237 e. The number of pyridine rings is 1. The van der Waals surface area contributed by atoms with Crippen LogP contribution in [0.1, 0.15) is 44.2 Å². The van der Waals surface area contributed by atoms with Gasteiger partial charge in [0, 0.05) is 6.20 Å². The zero-order valence-corrected chi connectivity index (χ0v) is 12.6. The lowest BCUT2D eigenvalue weighted by atomic mass is 9.79. The number of carbonyl (C=O) groups is 1. The number of nitrogens with zero attached hydrogens (tertiary/aromatic N) is 1. The molecule has 0 aromatic carbocycles.